The summed E-state index contributed by atoms with van der Waals surface area (Å²) in [4.78, 5) is 24.5. The molecule has 0 aliphatic rings. The van der Waals surface area contributed by atoms with Crippen LogP contribution in [0.1, 0.15) is 0 Å². The van der Waals surface area contributed by atoms with Gasteiger partial charge < -0.3 is 15.2 Å². The Kier molecular flexibility index (Phi) is 5.02. The van der Waals surface area contributed by atoms with Gasteiger partial charge in [0.15, 0.2) is 11.6 Å². The first-order valence-electron chi connectivity index (χ1n) is 7.32. The van der Waals surface area contributed by atoms with E-state index in [4.69, 9.17) is 11.6 Å². The average Bonchev–Trinajstić information content (AvgIpc) is 3.06. The maximum absolute atomic E-state index is 11.9. The van der Waals surface area contributed by atoms with E-state index >= 15 is 0 Å². The van der Waals surface area contributed by atoms with Crippen molar-refractivity contribution in [1.29, 1.82) is 0 Å². The molecule has 2 N–H and O–H groups in total. The standard InChI is InChI=1S/C16H15ClN6O/c17-12-4-1-2-5-13(12)22-16(24)21-9-11-23-10-8-20-15(23)14-18-6-3-7-19-14/h1-8,10H,9,11H2,(H2,21,22,24). The summed E-state index contributed by atoms with van der Waals surface area (Å²) in [6, 6.07) is 8.49. The predicted octanol–water partition coefficient (Wildman–Crippen LogP) is 2.82. The number of urea groups is 1. The number of benzene rings is 1. The minimum absolute atomic E-state index is 0.319. The third-order valence-electron chi connectivity index (χ3n) is 3.24. The van der Waals surface area contributed by atoms with Crippen molar-refractivity contribution in [3.05, 3.63) is 60.1 Å². The number of hydrogen-bond donors (Lipinski definition) is 2. The Balaban J connectivity index is 1.55. The number of rotatable bonds is 5. The van der Waals surface area contributed by atoms with E-state index in [0.717, 1.165) is 0 Å². The highest BCUT2D eigenvalue weighted by molar-refractivity contribution is 6.33. The topological polar surface area (TPSA) is 84.7 Å². The van der Waals surface area contributed by atoms with Crippen LogP contribution in [0.25, 0.3) is 11.6 Å². The van der Waals surface area contributed by atoms with Crippen LogP contribution in [-0.4, -0.2) is 32.1 Å². The number of halogens is 1. The molecule has 0 aliphatic heterocycles. The number of carbonyl (C=O) groups is 1. The first kappa shape index (κ1) is 15.9. The molecule has 24 heavy (non-hydrogen) atoms. The van der Waals surface area contributed by atoms with Crippen molar-refractivity contribution < 1.29 is 4.79 Å². The number of amides is 2. The molecule has 0 saturated carbocycles. The average molecular weight is 343 g/mol. The van der Waals surface area contributed by atoms with Gasteiger partial charge in [0.2, 0.25) is 0 Å². The lowest BCUT2D eigenvalue weighted by Crippen LogP contribution is -2.31. The highest BCUT2D eigenvalue weighted by atomic mass is 35.5. The van der Waals surface area contributed by atoms with E-state index in [0.29, 0.717) is 35.4 Å². The van der Waals surface area contributed by atoms with E-state index in [2.05, 4.69) is 25.6 Å². The van der Waals surface area contributed by atoms with Gasteiger partial charge in [-0.2, -0.15) is 0 Å². The van der Waals surface area contributed by atoms with E-state index < -0.39 is 0 Å². The Morgan fingerprint density at radius 1 is 1.08 bits per heavy atom. The lowest BCUT2D eigenvalue weighted by atomic mass is 10.3. The number of carbonyl (C=O) groups excluding carboxylic acids is 1. The van der Waals surface area contributed by atoms with Gasteiger partial charge in [0.05, 0.1) is 10.7 Å². The second kappa shape index (κ2) is 7.56. The van der Waals surface area contributed by atoms with E-state index in [-0.39, 0.29) is 6.03 Å². The van der Waals surface area contributed by atoms with Crippen molar-refractivity contribution in [3.63, 3.8) is 0 Å². The molecule has 0 radical (unpaired) electrons. The summed E-state index contributed by atoms with van der Waals surface area (Å²) in [6.07, 6.45) is 6.82. The Morgan fingerprint density at radius 3 is 2.67 bits per heavy atom. The second-order valence-electron chi connectivity index (χ2n) is 4.88. The number of nitrogens with one attached hydrogen (secondary N) is 2. The van der Waals surface area contributed by atoms with Crippen LogP contribution < -0.4 is 10.6 Å². The summed E-state index contributed by atoms with van der Waals surface area (Å²) in [5, 5.41) is 5.97. The van der Waals surface area contributed by atoms with Crippen molar-refractivity contribution in [1.82, 2.24) is 24.8 Å². The van der Waals surface area contributed by atoms with Crippen LogP contribution in [-0.2, 0) is 6.54 Å². The monoisotopic (exact) mass is 342 g/mol. The molecule has 0 spiro atoms. The van der Waals surface area contributed by atoms with Crippen LogP contribution >= 0.6 is 11.6 Å². The second-order valence-corrected chi connectivity index (χ2v) is 5.28. The molecule has 0 bridgehead atoms. The zero-order valence-corrected chi connectivity index (χ0v) is 13.4. The van der Waals surface area contributed by atoms with Gasteiger partial charge in [0, 0.05) is 37.9 Å². The molecule has 3 aromatic rings. The van der Waals surface area contributed by atoms with Gasteiger partial charge in [-0.25, -0.2) is 19.7 Å². The summed E-state index contributed by atoms with van der Waals surface area (Å²) >= 11 is 6.00. The van der Waals surface area contributed by atoms with Crippen LogP contribution in [0.15, 0.2) is 55.1 Å². The van der Waals surface area contributed by atoms with Crippen LogP contribution in [0.2, 0.25) is 5.02 Å². The van der Waals surface area contributed by atoms with Gasteiger partial charge >= 0.3 is 6.03 Å². The van der Waals surface area contributed by atoms with Crippen LogP contribution in [0, 0.1) is 0 Å². The first-order chi connectivity index (χ1) is 11.7. The van der Waals surface area contributed by atoms with Crippen LogP contribution in [0.4, 0.5) is 10.5 Å². The molecule has 0 atom stereocenters. The molecule has 8 heteroatoms. The lowest BCUT2D eigenvalue weighted by molar-refractivity contribution is 0.251. The Bertz CT molecular complexity index is 820. The Labute approximate surface area is 143 Å². The normalized spacial score (nSPS) is 10.4. The van der Waals surface area contributed by atoms with E-state index in [1.165, 1.54) is 0 Å². The quantitative estimate of drug-likeness (QED) is 0.746. The lowest BCUT2D eigenvalue weighted by Gasteiger charge is -2.10. The molecule has 0 fully saturated rings. The van der Waals surface area contributed by atoms with E-state index in [1.807, 2.05) is 10.8 Å². The van der Waals surface area contributed by atoms with Crippen molar-refractivity contribution in [3.8, 4) is 11.6 Å². The number of imidazole rings is 1. The number of hydrogen-bond acceptors (Lipinski definition) is 4. The molecular formula is C16H15ClN6O. The molecule has 122 valence electrons. The zero-order chi connectivity index (χ0) is 16.8. The van der Waals surface area contributed by atoms with E-state index in [1.54, 1.807) is 48.9 Å². The molecule has 3 rings (SSSR count). The molecule has 0 unspecified atom stereocenters. The molecule has 1 aromatic carbocycles. The predicted molar refractivity (Wildman–Crippen MR) is 91.7 cm³/mol. The van der Waals surface area contributed by atoms with Gasteiger partial charge in [-0.1, -0.05) is 23.7 Å². The van der Waals surface area contributed by atoms with Gasteiger partial charge in [-0.15, -0.1) is 0 Å². The maximum Gasteiger partial charge on any atom is 0.319 e. The molecule has 2 amide bonds. The van der Waals surface area contributed by atoms with Crippen molar-refractivity contribution in [2.24, 2.45) is 0 Å². The summed E-state index contributed by atoms with van der Waals surface area (Å²) < 4.78 is 1.88. The van der Waals surface area contributed by atoms with Gasteiger partial charge in [0.1, 0.15) is 0 Å². The minimum Gasteiger partial charge on any atom is -0.336 e. The number of anilines is 1. The first-order valence-corrected chi connectivity index (χ1v) is 7.70. The third-order valence-corrected chi connectivity index (χ3v) is 3.57. The van der Waals surface area contributed by atoms with E-state index in [9.17, 15) is 4.79 Å². The van der Waals surface area contributed by atoms with Crippen molar-refractivity contribution in [2.75, 3.05) is 11.9 Å². The van der Waals surface area contributed by atoms with Gasteiger partial charge in [0.25, 0.3) is 0 Å². The maximum atomic E-state index is 11.9. The SMILES string of the molecule is O=C(NCCn1ccnc1-c1ncccn1)Nc1ccccc1Cl. The third kappa shape index (κ3) is 3.88. The van der Waals surface area contributed by atoms with Crippen LogP contribution in [0.3, 0.4) is 0 Å². The molecule has 0 aliphatic carbocycles. The smallest absolute Gasteiger partial charge is 0.319 e. The number of para-hydroxylation sites is 1. The molecule has 2 heterocycles. The highest BCUT2D eigenvalue weighted by Gasteiger charge is 2.09. The summed E-state index contributed by atoms with van der Waals surface area (Å²) in [5.74, 6) is 1.20. The fourth-order valence-corrected chi connectivity index (χ4v) is 2.31. The van der Waals surface area contributed by atoms with Crippen molar-refractivity contribution in [2.45, 2.75) is 6.54 Å². The molecule has 2 aromatic heterocycles. The molecule has 7 nitrogen and oxygen atoms in total. The Hall–Kier alpha value is -2.93. The highest BCUT2D eigenvalue weighted by Crippen LogP contribution is 2.20. The zero-order valence-electron chi connectivity index (χ0n) is 12.7. The molecule has 0 saturated heterocycles. The fourth-order valence-electron chi connectivity index (χ4n) is 2.13. The number of aromatic nitrogens is 4. The largest absolute Gasteiger partial charge is 0.336 e. The van der Waals surface area contributed by atoms with Gasteiger partial charge in [-0.05, 0) is 18.2 Å². The fraction of sp³-hybridized carbons (Fsp3) is 0.125. The number of nitrogens with zero attached hydrogens (tertiary/aromatic N) is 4. The Morgan fingerprint density at radius 2 is 1.88 bits per heavy atom. The van der Waals surface area contributed by atoms with Gasteiger partial charge in [-0.3, -0.25) is 0 Å². The van der Waals surface area contributed by atoms with Crippen molar-refractivity contribution >= 4 is 23.3 Å². The molecular weight excluding hydrogens is 328 g/mol. The summed E-state index contributed by atoms with van der Waals surface area (Å²) in [6.45, 7) is 0.968. The summed E-state index contributed by atoms with van der Waals surface area (Å²) in [7, 11) is 0. The minimum atomic E-state index is -0.319. The summed E-state index contributed by atoms with van der Waals surface area (Å²) in [5.41, 5.74) is 0.567. The van der Waals surface area contributed by atoms with Crippen LogP contribution in [0.5, 0.6) is 0 Å².